The van der Waals surface area contributed by atoms with E-state index in [1.54, 1.807) is 25.3 Å². The van der Waals surface area contributed by atoms with Crippen LogP contribution >= 0.6 is 0 Å². The first-order valence-electron chi connectivity index (χ1n) is 6.94. The zero-order chi connectivity index (χ0) is 16.6. The number of halogens is 3. The third-order valence-corrected chi connectivity index (χ3v) is 3.67. The molecule has 0 aliphatic heterocycles. The second-order valence-electron chi connectivity index (χ2n) is 5.10. The fourth-order valence-corrected chi connectivity index (χ4v) is 2.39. The Morgan fingerprint density at radius 2 is 1.87 bits per heavy atom. The maximum absolute atomic E-state index is 13.6. The number of aromatic nitrogens is 1. The summed E-state index contributed by atoms with van der Waals surface area (Å²) in [5, 5.41) is 0.483. The van der Waals surface area contributed by atoms with Crippen molar-refractivity contribution in [1.82, 2.24) is 4.98 Å². The zero-order valence-corrected chi connectivity index (χ0v) is 12.3. The average molecular weight is 314 g/mol. The van der Waals surface area contributed by atoms with Gasteiger partial charge in [0.2, 0.25) is 0 Å². The van der Waals surface area contributed by atoms with Gasteiger partial charge in [-0.05, 0) is 31.2 Å². The van der Waals surface area contributed by atoms with Gasteiger partial charge in [0.15, 0.2) is 11.6 Å². The molecule has 0 radical (unpaired) electrons. The Bertz CT molecular complexity index is 939. The molecule has 0 bridgehead atoms. The molecule has 0 amide bonds. The molecule has 2 nitrogen and oxygen atoms in total. The number of nitrogens with zero attached hydrogens (tertiary/aromatic N) is 1. The number of aliphatic imine (C=N–C) groups is 1. The van der Waals surface area contributed by atoms with E-state index in [9.17, 15) is 13.2 Å². The second kappa shape index (κ2) is 5.76. The topological polar surface area (TPSA) is 28.1 Å². The van der Waals surface area contributed by atoms with Crippen molar-refractivity contribution in [2.45, 2.75) is 6.92 Å². The lowest BCUT2D eigenvalue weighted by Gasteiger charge is -2.04. The van der Waals surface area contributed by atoms with Gasteiger partial charge in [-0.3, -0.25) is 0 Å². The van der Waals surface area contributed by atoms with Gasteiger partial charge in [0.1, 0.15) is 5.82 Å². The van der Waals surface area contributed by atoms with Crippen molar-refractivity contribution in [2.24, 2.45) is 4.99 Å². The minimum Gasteiger partial charge on any atom is -0.360 e. The van der Waals surface area contributed by atoms with Crippen molar-refractivity contribution in [3.63, 3.8) is 0 Å². The quantitative estimate of drug-likeness (QED) is 0.644. The van der Waals surface area contributed by atoms with Crippen LogP contribution in [0.2, 0.25) is 0 Å². The lowest BCUT2D eigenvalue weighted by molar-refractivity contribution is 0.511. The van der Waals surface area contributed by atoms with E-state index in [2.05, 4.69) is 16.6 Å². The highest BCUT2D eigenvalue weighted by molar-refractivity contribution is 6.17. The molecular formula is C18H13F3N2. The maximum atomic E-state index is 13.6. The molecule has 0 aliphatic carbocycles. The summed E-state index contributed by atoms with van der Waals surface area (Å²) < 4.78 is 40.4. The summed E-state index contributed by atoms with van der Waals surface area (Å²) >= 11 is 0. The molecule has 116 valence electrons. The van der Waals surface area contributed by atoms with Crippen molar-refractivity contribution < 1.29 is 13.2 Å². The number of hydrogen-bond donors (Lipinski definition) is 1. The summed E-state index contributed by atoms with van der Waals surface area (Å²) in [5.41, 5.74) is 2.32. The van der Waals surface area contributed by atoms with Gasteiger partial charge >= 0.3 is 0 Å². The Morgan fingerprint density at radius 1 is 1.13 bits per heavy atom. The second-order valence-corrected chi connectivity index (χ2v) is 5.10. The summed E-state index contributed by atoms with van der Waals surface area (Å²) in [6.45, 7) is 5.33. The minimum atomic E-state index is -0.941. The SMILES string of the molecule is C=C/C(=N\c1cccc(F)c1C)c1c[nH]c2cc(F)c(F)cc12. The molecule has 1 aromatic heterocycles. The molecule has 0 aliphatic rings. The molecule has 1 N–H and O–H groups in total. The fourth-order valence-electron chi connectivity index (χ4n) is 2.39. The van der Waals surface area contributed by atoms with E-state index in [1.165, 1.54) is 12.1 Å². The lowest BCUT2D eigenvalue weighted by atomic mass is 10.1. The van der Waals surface area contributed by atoms with Gasteiger partial charge in [0.05, 0.1) is 11.4 Å². The predicted molar refractivity (Wildman–Crippen MR) is 85.7 cm³/mol. The van der Waals surface area contributed by atoms with Crippen LogP contribution in [0.4, 0.5) is 18.9 Å². The summed E-state index contributed by atoms with van der Waals surface area (Å²) in [4.78, 5) is 7.28. The van der Waals surface area contributed by atoms with Gasteiger partial charge in [0, 0.05) is 34.3 Å². The van der Waals surface area contributed by atoms with Crippen LogP contribution in [-0.4, -0.2) is 10.7 Å². The molecule has 3 aromatic rings. The number of benzene rings is 2. The van der Waals surface area contributed by atoms with Crippen LogP contribution in [0.5, 0.6) is 0 Å². The average Bonchev–Trinajstić information content (AvgIpc) is 2.92. The van der Waals surface area contributed by atoms with E-state index >= 15 is 0 Å². The highest BCUT2D eigenvalue weighted by atomic mass is 19.2. The molecule has 3 rings (SSSR count). The minimum absolute atomic E-state index is 0.360. The molecule has 2 aromatic carbocycles. The number of nitrogens with one attached hydrogen (secondary N) is 1. The number of allylic oxidation sites excluding steroid dienone is 1. The molecule has 0 unspecified atom stereocenters. The monoisotopic (exact) mass is 314 g/mol. The van der Waals surface area contributed by atoms with E-state index in [0.717, 1.165) is 12.1 Å². The normalized spacial score (nSPS) is 11.9. The smallest absolute Gasteiger partial charge is 0.160 e. The van der Waals surface area contributed by atoms with Gasteiger partial charge in [-0.1, -0.05) is 12.6 Å². The van der Waals surface area contributed by atoms with Gasteiger partial charge in [0.25, 0.3) is 0 Å². The van der Waals surface area contributed by atoms with Crippen LogP contribution in [0.1, 0.15) is 11.1 Å². The maximum Gasteiger partial charge on any atom is 0.160 e. The third kappa shape index (κ3) is 2.65. The number of rotatable bonds is 3. The molecule has 23 heavy (non-hydrogen) atoms. The summed E-state index contributed by atoms with van der Waals surface area (Å²) in [6.07, 6.45) is 3.09. The number of hydrogen-bond acceptors (Lipinski definition) is 1. The van der Waals surface area contributed by atoms with Crippen LogP contribution in [0, 0.1) is 24.4 Å². The molecule has 1 heterocycles. The fraction of sp³-hybridized carbons (Fsp3) is 0.0556. The highest BCUT2D eigenvalue weighted by Gasteiger charge is 2.13. The molecule has 5 heteroatoms. The first-order valence-corrected chi connectivity index (χ1v) is 6.94. The van der Waals surface area contributed by atoms with Crippen molar-refractivity contribution in [3.05, 3.63) is 77.8 Å². The van der Waals surface area contributed by atoms with Crippen molar-refractivity contribution >= 4 is 22.3 Å². The summed E-state index contributed by atoms with van der Waals surface area (Å²) in [5.74, 6) is -2.23. The summed E-state index contributed by atoms with van der Waals surface area (Å²) in [7, 11) is 0. The van der Waals surface area contributed by atoms with E-state index in [1.807, 2.05) is 0 Å². The number of aromatic amines is 1. The Kier molecular flexibility index (Phi) is 3.78. The third-order valence-electron chi connectivity index (χ3n) is 3.67. The van der Waals surface area contributed by atoms with Crippen molar-refractivity contribution in [1.29, 1.82) is 0 Å². The van der Waals surface area contributed by atoms with E-state index < -0.39 is 11.6 Å². The number of fused-ring (bicyclic) bond motifs is 1. The van der Waals surface area contributed by atoms with Crippen molar-refractivity contribution in [3.8, 4) is 0 Å². The van der Waals surface area contributed by atoms with Crippen LogP contribution in [0.15, 0.2) is 54.2 Å². The number of H-pyrrole nitrogens is 1. The Morgan fingerprint density at radius 3 is 2.61 bits per heavy atom. The predicted octanol–water partition coefficient (Wildman–Crippen LogP) is 5.20. The van der Waals surface area contributed by atoms with Crippen LogP contribution in [-0.2, 0) is 0 Å². The summed E-state index contributed by atoms with van der Waals surface area (Å²) in [6, 6.07) is 6.78. The highest BCUT2D eigenvalue weighted by Crippen LogP contribution is 2.26. The standard InChI is InChI=1S/C18H13F3N2/c1-3-16(23-17-6-4-5-13(19)10(17)2)12-9-22-18-8-15(21)14(20)7-11(12)18/h3-9,22H,1H2,2H3/b23-16+. The molecule has 0 saturated heterocycles. The van der Waals surface area contributed by atoms with E-state index in [-0.39, 0.29) is 5.82 Å². The lowest BCUT2D eigenvalue weighted by Crippen LogP contribution is -1.96. The molecule has 0 atom stereocenters. The largest absolute Gasteiger partial charge is 0.360 e. The first-order chi connectivity index (χ1) is 11.0. The van der Waals surface area contributed by atoms with E-state index in [0.29, 0.717) is 33.4 Å². The van der Waals surface area contributed by atoms with Gasteiger partial charge in [-0.2, -0.15) is 0 Å². The molecular weight excluding hydrogens is 301 g/mol. The van der Waals surface area contributed by atoms with Gasteiger partial charge in [-0.15, -0.1) is 0 Å². The van der Waals surface area contributed by atoms with E-state index in [4.69, 9.17) is 0 Å². The van der Waals surface area contributed by atoms with Gasteiger partial charge < -0.3 is 4.98 Å². The van der Waals surface area contributed by atoms with Crippen LogP contribution in [0.25, 0.3) is 10.9 Å². The van der Waals surface area contributed by atoms with Crippen LogP contribution in [0.3, 0.4) is 0 Å². The molecule has 0 fully saturated rings. The Hall–Kier alpha value is -2.82. The van der Waals surface area contributed by atoms with Crippen LogP contribution < -0.4 is 0 Å². The Balaban J connectivity index is 2.18. The zero-order valence-electron chi connectivity index (χ0n) is 12.3. The molecule has 0 saturated carbocycles. The van der Waals surface area contributed by atoms with Crippen molar-refractivity contribution in [2.75, 3.05) is 0 Å². The Labute approximate surface area is 131 Å². The molecule has 0 spiro atoms. The first kappa shape index (κ1) is 15.1. The van der Waals surface area contributed by atoms with Gasteiger partial charge in [-0.25, -0.2) is 18.2 Å².